The smallest absolute Gasteiger partial charge is 0.337 e. The van der Waals surface area contributed by atoms with Gasteiger partial charge in [-0.25, -0.2) is 4.79 Å². The van der Waals surface area contributed by atoms with Gasteiger partial charge >= 0.3 is 5.97 Å². The van der Waals surface area contributed by atoms with Crippen molar-refractivity contribution >= 4 is 11.7 Å². The first kappa shape index (κ1) is 22.9. The number of phenolic OH excluding ortho intramolecular Hbond substituents is 1. The first-order valence-electron chi connectivity index (χ1n) is 10.6. The average molecular weight is 429 g/mol. The highest BCUT2D eigenvalue weighted by Crippen LogP contribution is 2.33. The van der Waals surface area contributed by atoms with E-state index in [-0.39, 0.29) is 17.8 Å². The van der Waals surface area contributed by atoms with Crippen LogP contribution in [-0.4, -0.2) is 71.6 Å². The fourth-order valence-electron chi connectivity index (χ4n) is 3.85. The zero-order valence-corrected chi connectivity index (χ0v) is 18.4. The lowest BCUT2D eigenvalue weighted by Gasteiger charge is -2.37. The standard InChI is InChI=1S/C24H32N2O5/c1-24(2,3)20-14-18(8-9-22(20)28)31-16-17(27)15-25-10-12-26(13-11-25)21-7-5-4-6-19(21)23(29)30/h4-9,14,17,27-28H,10-13,15-16H2,1-3H3,(H,29,30)/t17-/m0/s1. The van der Waals surface area contributed by atoms with Crippen molar-refractivity contribution < 1.29 is 24.9 Å². The summed E-state index contributed by atoms with van der Waals surface area (Å²) >= 11 is 0. The molecule has 1 aliphatic heterocycles. The van der Waals surface area contributed by atoms with Gasteiger partial charge < -0.3 is 25.0 Å². The van der Waals surface area contributed by atoms with Crippen LogP contribution >= 0.6 is 0 Å². The Kier molecular flexibility index (Phi) is 7.08. The van der Waals surface area contributed by atoms with Crippen LogP contribution in [0.15, 0.2) is 42.5 Å². The summed E-state index contributed by atoms with van der Waals surface area (Å²) in [7, 11) is 0. The Morgan fingerprint density at radius 1 is 1.10 bits per heavy atom. The van der Waals surface area contributed by atoms with Crippen LogP contribution in [0.3, 0.4) is 0 Å². The molecule has 0 aromatic heterocycles. The maximum atomic E-state index is 11.5. The third kappa shape index (κ3) is 5.89. The van der Waals surface area contributed by atoms with Crippen molar-refractivity contribution in [3.05, 3.63) is 53.6 Å². The SMILES string of the molecule is CC(C)(C)c1cc(OC[C@@H](O)CN2CCN(c3ccccc3C(=O)O)CC2)ccc1O. The summed E-state index contributed by atoms with van der Waals surface area (Å²) in [4.78, 5) is 15.7. The topological polar surface area (TPSA) is 93.5 Å². The number of rotatable bonds is 7. The molecular formula is C24H32N2O5. The molecule has 0 spiro atoms. The summed E-state index contributed by atoms with van der Waals surface area (Å²) in [6.07, 6.45) is -0.648. The van der Waals surface area contributed by atoms with Gasteiger partial charge in [-0.1, -0.05) is 32.9 Å². The van der Waals surface area contributed by atoms with E-state index in [1.54, 1.807) is 24.3 Å². The number of aromatic carboxylic acids is 1. The highest BCUT2D eigenvalue weighted by Gasteiger charge is 2.23. The maximum Gasteiger partial charge on any atom is 0.337 e. The Bertz CT molecular complexity index is 901. The number of benzene rings is 2. The lowest BCUT2D eigenvalue weighted by molar-refractivity contribution is 0.0661. The molecule has 168 valence electrons. The Balaban J connectivity index is 1.50. The fraction of sp³-hybridized carbons (Fsp3) is 0.458. The molecule has 1 aliphatic rings. The number of aliphatic hydroxyl groups is 1. The number of piperazine rings is 1. The molecule has 31 heavy (non-hydrogen) atoms. The summed E-state index contributed by atoms with van der Waals surface area (Å²) in [5.74, 6) is -0.0611. The average Bonchev–Trinajstić information content (AvgIpc) is 2.73. The predicted octanol–water partition coefficient (Wildman–Crippen LogP) is 2.95. The molecule has 7 nitrogen and oxygen atoms in total. The van der Waals surface area contributed by atoms with Gasteiger partial charge in [0.05, 0.1) is 11.3 Å². The van der Waals surface area contributed by atoms with E-state index in [0.717, 1.165) is 24.3 Å². The van der Waals surface area contributed by atoms with E-state index in [4.69, 9.17) is 4.74 Å². The predicted molar refractivity (Wildman–Crippen MR) is 120 cm³/mol. The second-order valence-electron chi connectivity index (χ2n) is 9.00. The molecule has 0 radical (unpaired) electrons. The minimum Gasteiger partial charge on any atom is -0.508 e. The van der Waals surface area contributed by atoms with Crippen LogP contribution < -0.4 is 9.64 Å². The van der Waals surface area contributed by atoms with E-state index in [2.05, 4.69) is 9.80 Å². The normalized spacial score (nSPS) is 16.2. The first-order chi connectivity index (χ1) is 14.6. The van der Waals surface area contributed by atoms with Crippen LogP contribution in [-0.2, 0) is 5.41 Å². The monoisotopic (exact) mass is 428 g/mol. The quantitative estimate of drug-likeness (QED) is 0.624. The summed E-state index contributed by atoms with van der Waals surface area (Å²) in [5, 5.41) is 29.9. The van der Waals surface area contributed by atoms with Gasteiger partial charge in [0.1, 0.15) is 24.2 Å². The number of ether oxygens (including phenoxy) is 1. The number of hydrogen-bond donors (Lipinski definition) is 3. The molecule has 3 rings (SSSR count). The van der Waals surface area contributed by atoms with Crippen molar-refractivity contribution in [1.82, 2.24) is 4.90 Å². The number of aliphatic hydroxyl groups excluding tert-OH is 1. The number of carboxylic acid groups (broad SMARTS) is 1. The zero-order valence-electron chi connectivity index (χ0n) is 18.4. The molecule has 2 aromatic carbocycles. The van der Waals surface area contributed by atoms with Crippen LogP contribution in [0.2, 0.25) is 0 Å². The van der Waals surface area contributed by atoms with E-state index in [9.17, 15) is 20.1 Å². The number of carboxylic acids is 1. The molecule has 0 saturated carbocycles. The van der Waals surface area contributed by atoms with Crippen molar-refractivity contribution in [3.63, 3.8) is 0 Å². The van der Waals surface area contributed by atoms with Crippen molar-refractivity contribution in [2.45, 2.75) is 32.3 Å². The minimum atomic E-state index is -0.922. The van der Waals surface area contributed by atoms with Crippen LogP contribution in [0.25, 0.3) is 0 Å². The summed E-state index contributed by atoms with van der Waals surface area (Å²) in [6, 6.07) is 12.2. The molecule has 3 N–H and O–H groups in total. The van der Waals surface area contributed by atoms with Crippen molar-refractivity contribution in [2.75, 3.05) is 44.2 Å². The van der Waals surface area contributed by atoms with E-state index in [0.29, 0.717) is 30.9 Å². The number of anilines is 1. The molecule has 7 heteroatoms. The second kappa shape index (κ2) is 9.58. The summed E-state index contributed by atoms with van der Waals surface area (Å²) in [6.45, 7) is 9.58. The summed E-state index contributed by atoms with van der Waals surface area (Å²) in [5.41, 5.74) is 1.65. The van der Waals surface area contributed by atoms with Gasteiger partial charge in [0.2, 0.25) is 0 Å². The molecule has 1 atom stereocenters. The molecule has 1 fully saturated rings. The number of aromatic hydroxyl groups is 1. The molecule has 2 aromatic rings. The molecule has 0 unspecified atom stereocenters. The molecule has 1 saturated heterocycles. The molecule has 1 heterocycles. The number of carbonyl (C=O) groups is 1. The van der Waals surface area contributed by atoms with Gasteiger partial charge in [-0.05, 0) is 35.7 Å². The molecule has 0 aliphatic carbocycles. The maximum absolute atomic E-state index is 11.5. The Morgan fingerprint density at radius 3 is 2.42 bits per heavy atom. The third-order valence-corrected chi connectivity index (χ3v) is 5.53. The van der Waals surface area contributed by atoms with Gasteiger partial charge in [-0.2, -0.15) is 0 Å². The first-order valence-corrected chi connectivity index (χ1v) is 10.6. The van der Waals surface area contributed by atoms with Crippen LogP contribution in [0.4, 0.5) is 5.69 Å². The second-order valence-corrected chi connectivity index (χ2v) is 9.00. The number of phenols is 1. The Hall–Kier alpha value is -2.77. The highest BCUT2D eigenvalue weighted by molar-refractivity contribution is 5.94. The zero-order chi connectivity index (χ0) is 22.6. The molecular weight excluding hydrogens is 396 g/mol. The molecule has 0 bridgehead atoms. The largest absolute Gasteiger partial charge is 0.508 e. The van der Waals surface area contributed by atoms with Gasteiger partial charge in [0, 0.05) is 38.3 Å². The van der Waals surface area contributed by atoms with Crippen LogP contribution in [0.1, 0.15) is 36.7 Å². The summed E-state index contributed by atoms with van der Waals surface area (Å²) < 4.78 is 5.77. The highest BCUT2D eigenvalue weighted by atomic mass is 16.5. The minimum absolute atomic E-state index is 0.163. The van der Waals surface area contributed by atoms with Gasteiger partial charge in [0.15, 0.2) is 0 Å². The van der Waals surface area contributed by atoms with Gasteiger partial charge in [0.25, 0.3) is 0 Å². The van der Waals surface area contributed by atoms with Gasteiger partial charge in [-0.15, -0.1) is 0 Å². The Labute approximate surface area is 183 Å². The lowest BCUT2D eigenvalue weighted by Crippen LogP contribution is -2.49. The third-order valence-electron chi connectivity index (χ3n) is 5.53. The van der Waals surface area contributed by atoms with E-state index >= 15 is 0 Å². The van der Waals surface area contributed by atoms with Gasteiger partial charge in [-0.3, -0.25) is 4.90 Å². The number of hydrogen-bond acceptors (Lipinski definition) is 6. The van der Waals surface area contributed by atoms with E-state index in [1.807, 2.05) is 39.0 Å². The van der Waals surface area contributed by atoms with Crippen molar-refractivity contribution in [2.24, 2.45) is 0 Å². The number of β-amino-alcohol motifs (C(OH)–C–C–N with tert-alkyl or cyclic N) is 1. The Morgan fingerprint density at radius 2 is 1.77 bits per heavy atom. The van der Waals surface area contributed by atoms with Crippen molar-refractivity contribution in [1.29, 1.82) is 0 Å². The lowest BCUT2D eigenvalue weighted by atomic mass is 9.86. The van der Waals surface area contributed by atoms with E-state index in [1.165, 1.54) is 0 Å². The number of nitrogens with zero attached hydrogens (tertiary/aromatic N) is 2. The van der Waals surface area contributed by atoms with Crippen LogP contribution in [0, 0.1) is 0 Å². The van der Waals surface area contributed by atoms with Crippen molar-refractivity contribution in [3.8, 4) is 11.5 Å². The number of para-hydroxylation sites is 1. The molecule has 0 amide bonds. The fourth-order valence-corrected chi connectivity index (χ4v) is 3.85. The van der Waals surface area contributed by atoms with Crippen LogP contribution in [0.5, 0.6) is 11.5 Å². The van der Waals surface area contributed by atoms with E-state index < -0.39 is 12.1 Å².